The van der Waals surface area contributed by atoms with Gasteiger partial charge in [0.15, 0.2) is 6.61 Å². The molecule has 1 unspecified atom stereocenters. The molecule has 0 aliphatic rings. The number of hydrogen-bond acceptors (Lipinski definition) is 3. The zero-order chi connectivity index (χ0) is 12.1. The van der Waals surface area contributed by atoms with Crippen molar-refractivity contribution in [3.63, 3.8) is 0 Å². The van der Waals surface area contributed by atoms with Crippen LogP contribution in [0.5, 0.6) is 5.75 Å². The smallest absolute Gasteiger partial charge is 0.259 e. The second kappa shape index (κ2) is 5.51. The van der Waals surface area contributed by atoms with E-state index in [9.17, 15) is 9.90 Å². The summed E-state index contributed by atoms with van der Waals surface area (Å²) < 4.78 is 5.29. The van der Waals surface area contributed by atoms with Gasteiger partial charge in [-0.1, -0.05) is 12.1 Å². The minimum atomic E-state index is -0.488. The van der Waals surface area contributed by atoms with Crippen molar-refractivity contribution in [2.24, 2.45) is 0 Å². The van der Waals surface area contributed by atoms with Crippen molar-refractivity contribution in [2.45, 2.75) is 13.0 Å². The van der Waals surface area contributed by atoms with Gasteiger partial charge in [-0.3, -0.25) is 4.79 Å². The predicted molar refractivity (Wildman–Crippen MR) is 61.3 cm³/mol. The first-order chi connectivity index (χ1) is 7.50. The average Bonchev–Trinajstić information content (AvgIpc) is 2.26. The minimum absolute atomic E-state index is 0.0288. The number of benzene rings is 1. The molecule has 0 aliphatic carbocycles. The van der Waals surface area contributed by atoms with Crippen LogP contribution in [0.4, 0.5) is 0 Å². The van der Waals surface area contributed by atoms with Crippen LogP contribution in [-0.2, 0) is 4.79 Å². The molecule has 0 aliphatic heterocycles. The number of aliphatic hydroxyl groups excluding tert-OH is 1. The van der Waals surface area contributed by atoms with E-state index in [4.69, 9.17) is 4.74 Å². The minimum Gasteiger partial charge on any atom is -0.484 e. The van der Waals surface area contributed by atoms with Crippen molar-refractivity contribution in [3.8, 4) is 5.75 Å². The summed E-state index contributed by atoms with van der Waals surface area (Å²) in [5.41, 5.74) is 0.825. The molecule has 1 amide bonds. The van der Waals surface area contributed by atoms with Gasteiger partial charge in [-0.2, -0.15) is 0 Å². The third-order valence-corrected chi connectivity index (χ3v) is 2.22. The van der Waals surface area contributed by atoms with E-state index in [0.29, 0.717) is 5.75 Å². The van der Waals surface area contributed by atoms with E-state index < -0.39 is 6.10 Å². The molecule has 0 aromatic heterocycles. The summed E-state index contributed by atoms with van der Waals surface area (Å²) in [6.07, 6.45) is -0.488. The summed E-state index contributed by atoms with van der Waals surface area (Å²) >= 11 is 0. The average molecular weight is 223 g/mol. The molecule has 1 aromatic rings. The van der Waals surface area contributed by atoms with Crippen LogP contribution in [0.3, 0.4) is 0 Å². The van der Waals surface area contributed by atoms with Crippen molar-refractivity contribution in [3.05, 3.63) is 29.8 Å². The number of amides is 1. The number of aliphatic hydroxyl groups is 1. The van der Waals surface area contributed by atoms with Gasteiger partial charge in [-0.05, 0) is 24.6 Å². The molecule has 4 nitrogen and oxygen atoms in total. The van der Waals surface area contributed by atoms with Crippen LogP contribution >= 0.6 is 0 Å². The summed E-state index contributed by atoms with van der Waals surface area (Å²) in [5.74, 6) is 0.541. The van der Waals surface area contributed by atoms with Gasteiger partial charge < -0.3 is 14.7 Å². The summed E-state index contributed by atoms with van der Waals surface area (Å²) in [6, 6.07) is 7.04. The van der Waals surface area contributed by atoms with Crippen LogP contribution in [0.25, 0.3) is 0 Å². The molecule has 0 radical (unpaired) electrons. The summed E-state index contributed by atoms with van der Waals surface area (Å²) in [5, 5.41) is 9.30. The molecule has 1 aromatic carbocycles. The van der Waals surface area contributed by atoms with E-state index in [-0.39, 0.29) is 12.5 Å². The summed E-state index contributed by atoms with van der Waals surface area (Å²) in [6.45, 7) is 1.73. The fourth-order valence-corrected chi connectivity index (χ4v) is 1.12. The molecule has 88 valence electrons. The lowest BCUT2D eigenvalue weighted by Crippen LogP contribution is -2.27. The van der Waals surface area contributed by atoms with Crippen LogP contribution in [0.1, 0.15) is 18.6 Å². The number of carbonyl (C=O) groups excluding carboxylic acids is 1. The fraction of sp³-hybridized carbons (Fsp3) is 0.417. The zero-order valence-electron chi connectivity index (χ0n) is 9.80. The Balaban J connectivity index is 2.53. The number of carbonyl (C=O) groups is 1. The van der Waals surface area contributed by atoms with Crippen LogP contribution < -0.4 is 4.74 Å². The standard InChI is InChI=1S/C12H17NO3/c1-9(14)10-4-6-11(7-5-10)16-8-12(15)13(2)3/h4-7,9,14H,8H2,1-3H3. The lowest BCUT2D eigenvalue weighted by Gasteiger charge is -2.11. The van der Waals surface area contributed by atoms with E-state index >= 15 is 0 Å². The van der Waals surface area contributed by atoms with E-state index in [2.05, 4.69) is 0 Å². The number of rotatable bonds is 4. The van der Waals surface area contributed by atoms with Crippen LogP contribution in [0.2, 0.25) is 0 Å². The second-order valence-corrected chi connectivity index (χ2v) is 3.82. The van der Waals surface area contributed by atoms with Gasteiger partial charge in [-0.25, -0.2) is 0 Å². The van der Waals surface area contributed by atoms with E-state index in [1.165, 1.54) is 4.90 Å². The highest BCUT2D eigenvalue weighted by atomic mass is 16.5. The number of nitrogens with zero attached hydrogens (tertiary/aromatic N) is 1. The first-order valence-corrected chi connectivity index (χ1v) is 5.11. The highest BCUT2D eigenvalue weighted by Gasteiger charge is 2.05. The lowest BCUT2D eigenvalue weighted by molar-refractivity contribution is -0.130. The van der Waals surface area contributed by atoms with Gasteiger partial charge in [0.25, 0.3) is 5.91 Å². The molecule has 1 rings (SSSR count). The Morgan fingerprint density at radius 2 is 1.94 bits per heavy atom. The van der Waals surface area contributed by atoms with Crippen LogP contribution in [0, 0.1) is 0 Å². The van der Waals surface area contributed by atoms with Crippen molar-refractivity contribution in [1.29, 1.82) is 0 Å². The molecule has 0 spiro atoms. The van der Waals surface area contributed by atoms with Crippen LogP contribution in [0.15, 0.2) is 24.3 Å². The van der Waals surface area contributed by atoms with Gasteiger partial charge in [0.05, 0.1) is 6.10 Å². The third kappa shape index (κ3) is 3.55. The largest absolute Gasteiger partial charge is 0.484 e. The normalized spacial score (nSPS) is 12.0. The van der Waals surface area contributed by atoms with E-state index in [1.807, 2.05) is 0 Å². The molecule has 4 heteroatoms. The van der Waals surface area contributed by atoms with Gasteiger partial charge in [0.2, 0.25) is 0 Å². The predicted octanol–water partition coefficient (Wildman–Crippen LogP) is 1.21. The molecule has 0 saturated heterocycles. The number of hydrogen-bond donors (Lipinski definition) is 1. The first kappa shape index (κ1) is 12.5. The van der Waals surface area contributed by atoms with Crippen molar-refractivity contribution >= 4 is 5.91 Å². The SMILES string of the molecule is CC(O)c1ccc(OCC(=O)N(C)C)cc1. The molecule has 0 fully saturated rings. The Hall–Kier alpha value is -1.55. The second-order valence-electron chi connectivity index (χ2n) is 3.82. The van der Waals surface area contributed by atoms with Gasteiger partial charge in [0, 0.05) is 14.1 Å². The van der Waals surface area contributed by atoms with Gasteiger partial charge in [-0.15, -0.1) is 0 Å². The summed E-state index contributed by atoms with van der Waals surface area (Å²) in [7, 11) is 3.37. The van der Waals surface area contributed by atoms with Gasteiger partial charge >= 0.3 is 0 Å². The van der Waals surface area contributed by atoms with Crippen molar-refractivity contribution in [2.75, 3.05) is 20.7 Å². The molecular weight excluding hydrogens is 206 g/mol. The maximum atomic E-state index is 11.3. The Morgan fingerprint density at radius 3 is 2.38 bits per heavy atom. The Bertz CT molecular complexity index is 344. The Morgan fingerprint density at radius 1 is 1.38 bits per heavy atom. The number of ether oxygens (including phenoxy) is 1. The highest BCUT2D eigenvalue weighted by molar-refractivity contribution is 5.77. The van der Waals surface area contributed by atoms with Crippen LogP contribution in [-0.4, -0.2) is 36.6 Å². The molecule has 16 heavy (non-hydrogen) atoms. The Labute approximate surface area is 95.5 Å². The fourth-order valence-electron chi connectivity index (χ4n) is 1.12. The first-order valence-electron chi connectivity index (χ1n) is 5.11. The number of likely N-dealkylation sites (N-methyl/N-ethyl adjacent to an activating group) is 1. The quantitative estimate of drug-likeness (QED) is 0.834. The topological polar surface area (TPSA) is 49.8 Å². The maximum absolute atomic E-state index is 11.3. The third-order valence-electron chi connectivity index (χ3n) is 2.22. The van der Waals surface area contributed by atoms with Gasteiger partial charge in [0.1, 0.15) is 5.75 Å². The maximum Gasteiger partial charge on any atom is 0.259 e. The molecule has 0 heterocycles. The van der Waals surface area contributed by atoms with E-state index in [1.54, 1.807) is 45.3 Å². The van der Waals surface area contributed by atoms with E-state index in [0.717, 1.165) is 5.56 Å². The zero-order valence-corrected chi connectivity index (χ0v) is 9.80. The molecular formula is C12H17NO3. The molecule has 0 saturated carbocycles. The van der Waals surface area contributed by atoms with Crippen molar-refractivity contribution < 1.29 is 14.6 Å². The molecule has 0 bridgehead atoms. The lowest BCUT2D eigenvalue weighted by atomic mass is 10.1. The van der Waals surface area contributed by atoms with Crippen molar-refractivity contribution in [1.82, 2.24) is 4.90 Å². The highest BCUT2D eigenvalue weighted by Crippen LogP contribution is 2.17. The Kier molecular flexibility index (Phi) is 4.31. The molecule has 1 N–H and O–H groups in total. The summed E-state index contributed by atoms with van der Waals surface area (Å²) in [4.78, 5) is 12.7. The monoisotopic (exact) mass is 223 g/mol. The molecule has 1 atom stereocenters.